The number of nitrogen functional groups attached to an aromatic ring is 1. The molecule has 0 saturated heterocycles. The van der Waals surface area contributed by atoms with Crippen molar-refractivity contribution in [3.63, 3.8) is 0 Å². The molecular weight excluding hydrogens is 417 g/mol. The van der Waals surface area contributed by atoms with Crippen molar-refractivity contribution in [1.82, 2.24) is 9.88 Å². The first-order valence-electron chi connectivity index (χ1n) is 9.55. The number of hydrogen-bond donors (Lipinski definition) is 1. The third kappa shape index (κ3) is 4.30. The van der Waals surface area contributed by atoms with Crippen LogP contribution in [0.2, 0.25) is 0 Å². The van der Waals surface area contributed by atoms with E-state index in [0.29, 0.717) is 24.2 Å². The van der Waals surface area contributed by atoms with Crippen molar-refractivity contribution in [2.75, 3.05) is 19.0 Å². The lowest BCUT2D eigenvalue weighted by atomic mass is 9.99. The summed E-state index contributed by atoms with van der Waals surface area (Å²) in [4.78, 5) is 6.49. The van der Waals surface area contributed by atoms with Crippen LogP contribution >= 0.6 is 0 Å². The molecule has 1 aliphatic rings. The Morgan fingerprint density at radius 1 is 1.10 bits per heavy atom. The molecule has 0 atom stereocenters. The zero-order valence-electron chi connectivity index (χ0n) is 17.2. The molecule has 1 aliphatic heterocycles. The van der Waals surface area contributed by atoms with E-state index in [1.54, 1.807) is 36.5 Å². The first kappa shape index (κ1) is 21.0. The van der Waals surface area contributed by atoms with Crippen molar-refractivity contribution in [1.29, 1.82) is 0 Å². The van der Waals surface area contributed by atoms with Crippen LogP contribution in [0, 0.1) is 5.82 Å². The molecule has 0 amide bonds. The third-order valence-electron chi connectivity index (χ3n) is 5.19. The second-order valence-corrected chi connectivity index (χ2v) is 9.71. The molecule has 0 unspecified atom stereocenters. The van der Waals surface area contributed by atoms with Gasteiger partial charge >= 0.3 is 0 Å². The Morgan fingerprint density at radius 2 is 1.77 bits per heavy atom. The van der Waals surface area contributed by atoms with Gasteiger partial charge in [0.15, 0.2) is 21.4 Å². The second-order valence-electron chi connectivity index (χ2n) is 7.70. The Morgan fingerprint density at radius 3 is 2.48 bits per heavy atom. The smallest absolute Gasteiger partial charge is 0.175 e. The number of aromatic nitrogens is 1. The molecule has 0 aliphatic carbocycles. The van der Waals surface area contributed by atoms with Crippen LogP contribution in [0.15, 0.2) is 60.1 Å². The zero-order chi connectivity index (χ0) is 22.3. The second kappa shape index (κ2) is 7.79. The molecule has 0 fully saturated rings. The van der Waals surface area contributed by atoms with E-state index in [1.807, 2.05) is 7.05 Å². The molecule has 0 spiro atoms. The van der Waals surface area contributed by atoms with Crippen molar-refractivity contribution in [2.24, 2.45) is 0 Å². The van der Waals surface area contributed by atoms with Gasteiger partial charge in [0.25, 0.3) is 0 Å². The molecule has 4 rings (SSSR count). The van der Waals surface area contributed by atoms with Crippen LogP contribution in [0.1, 0.15) is 16.7 Å². The number of ether oxygens (including phenoxy) is 1. The summed E-state index contributed by atoms with van der Waals surface area (Å²) in [6, 6.07) is 11.2. The van der Waals surface area contributed by atoms with Crippen molar-refractivity contribution < 1.29 is 17.5 Å². The van der Waals surface area contributed by atoms with Gasteiger partial charge in [0, 0.05) is 36.7 Å². The van der Waals surface area contributed by atoms with Crippen LogP contribution in [0.4, 0.5) is 10.2 Å². The van der Waals surface area contributed by atoms with E-state index in [0.717, 1.165) is 16.7 Å². The van der Waals surface area contributed by atoms with Crippen molar-refractivity contribution in [3.05, 3.63) is 77.7 Å². The summed E-state index contributed by atoms with van der Waals surface area (Å²) in [5, 5.41) is 0. The Labute approximate surface area is 180 Å². The standard InChI is InChI=1S/C23H22FN3O3S/c1-14-20-9-18(24)6-4-15(20)12-27(2)13-16-5-7-19(31(3,28)29)10-21(16)17-8-22(30-14)23(25)26-11-17/h4-11H,1,12-13H2,2-3H3,(H2,25,26). The molecule has 1 aromatic heterocycles. The Kier molecular flexibility index (Phi) is 5.28. The van der Waals surface area contributed by atoms with Crippen molar-refractivity contribution in [3.8, 4) is 16.9 Å². The van der Waals surface area contributed by atoms with Crippen LogP contribution < -0.4 is 10.5 Å². The van der Waals surface area contributed by atoms with E-state index in [2.05, 4.69) is 16.5 Å². The van der Waals surface area contributed by atoms with Crippen LogP contribution in [-0.2, 0) is 22.9 Å². The minimum Gasteiger partial charge on any atom is -0.453 e. The van der Waals surface area contributed by atoms with E-state index in [1.165, 1.54) is 18.4 Å². The first-order chi connectivity index (χ1) is 14.6. The predicted molar refractivity (Wildman–Crippen MR) is 118 cm³/mol. The highest BCUT2D eigenvalue weighted by molar-refractivity contribution is 7.90. The van der Waals surface area contributed by atoms with E-state index in [4.69, 9.17) is 10.5 Å². The fourth-order valence-electron chi connectivity index (χ4n) is 3.65. The summed E-state index contributed by atoms with van der Waals surface area (Å²) in [7, 11) is -1.46. The molecule has 6 nitrogen and oxygen atoms in total. The van der Waals surface area contributed by atoms with Crippen LogP contribution in [0.5, 0.6) is 5.75 Å². The minimum atomic E-state index is -3.39. The van der Waals surface area contributed by atoms with Gasteiger partial charge in [-0.2, -0.15) is 0 Å². The maximum absolute atomic E-state index is 14.0. The topological polar surface area (TPSA) is 85.5 Å². The summed E-state index contributed by atoms with van der Waals surface area (Å²) in [6.07, 6.45) is 2.75. The minimum absolute atomic E-state index is 0.151. The Bertz CT molecular complexity index is 1310. The van der Waals surface area contributed by atoms with Crippen LogP contribution in [0.25, 0.3) is 16.9 Å². The molecular formula is C23H22FN3O3S. The lowest BCUT2D eigenvalue weighted by Crippen LogP contribution is -2.19. The summed E-state index contributed by atoms with van der Waals surface area (Å²) < 4.78 is 44.1. The predicted octanol–water partition coefficient (Wildman–Crippen LogP) is 3.87. The number of sulfone groups is 1. The summed E-state index contributed by atoms with van der Waals surface area (Å²) in [5.74, 6) is 0.274. The number of fused-ring (bicyclic) bond motifs is 5. The zero-order valence-corrected chi connectivity index (χ0v) is 18.0. The Hall–Kier alpha value is -3.23. The molecule has 0 saturated carbocycles. The fraction of sp³-hybridized carbons (Fsp3) is 0.174. The highest BCUT2D eigenvalue weighted by atomic mass is 32.2. The highest BCUT2D eigenvalue weighted by Gasteiger charge is 2.19. The van der Waals surface area contributed by atoms with Gasteiger partial charge in [-0.1, -0.05) is 18.7 Å². The number of pyridine rings is 1. The van der Waals surface area contributed by atoms with E-state index < -0.39 is 15.7 Å². The summed E-state index contributed by atoms with van der Waals surface area (Å²) >= 11 is 0. The largest absolute Gasteiger partial charge is 0.453 e. The molecule has 8 heteroatoms. The van der Waals surface area contributed by atoms with Crippen LogP contribution in [-0.4, -0.2) is 31.6 Å². The monoisotopic (exact) mass is 439 g/mol. The normalized spacial score (nSPS) is 14.6. The van der Waals surface area contributed by atoms with E-state index in [9.17, 15) is 12.8 Å². The fourth-order valence-corrected chi connectivity index (χ4v) is 4.30. The molecule has 160 valence electrons. The maximum Gasteiger partial charge on any atom is 0.175 e. The first-order valence-corrected chi connectivity index (χ1v) is 11.4. The average molecular weight is 440 g/mol. The van der Waals surface area contributed by atoms with Gasteiger partial charge in [0.05, 0.1) is 4.90 Å². The van der Waals surface area contributed by atoms with Gasteiger partial charge in [-0.15, -0.1) is 0 Å². The lowest BCUT2D eigenvalue weighted by molar-refractivity contribution is 0.318. The molecule has 2 heterocycles. The molecule has 2 bridgehead atoms. The number of rotatable bonds is 1. The SMILES string of the molecule is C=C1Oc2cc(cnc2N)-c2cc(S(C)(=O)=O)ccc2CN(C)Cc2ccc(F)cc21. The summed E-state index contributed by atoms with van der Waals surface area (Å²) in [5.41, 5.74) is 9.69. The molecule has 0 radical (unpaired) electrons. The van der Waals surface area contributed by atoms with Gasteiger partial charge < -0.3 is 10.5 Å². The molecule has 3 aromatic rings. The number of nitrogens with zero attached hydrogens (tertiary/aromatic N) is 2. The van der Waals surface area contributed by atoms with Gasteiger partial charge in [0.2, 0.25) is 0 Å². The molecule has 2 aromatic carbocycles. The average Bonchev–Trinajstić information content (AvgIpc) is 2.69. The van der Waals surface area contributed by atoms with Gasteiger partial charge in [-0.3, -0.25) is 4.90 Å². The highest BCUT2D eigenvalue weighted by Crippen LogP contribution is 2.35. The van der Waals surface area contributed by atoms with Gasteiger partial charge in [0.1, 0.15) is 11.6 Å². The quantitative estimate of drug-likeness (QED) is 0.620. The lowest BCUT2D eigenvalue weighted by Gasteiger charge is -2.23. The number of anilines is 1. The maximum atomic E-state index is 14.0. The van der Waals surface area contributed by atoms with Crippen LogP contribution in [0.3, 0.4) is 0 Å². The molecule has 2 N–H and O–H groups in total. The van der Waals surface area contributed by atoms with E-state index in [-0.39, 0.29) is 22.2 Å². The van der Waals surface area contributed by atoms with Gasteiger partial charge in [-0.25, -0.2) is 17.8 Å². The number of nitrogens with two attached hydrogens (primary N) is 1. The third-order valence-corrected chi connectivity index (χ3v) is 6.30. The van der Waals surface area contributed by atoms with Crippen molar-refractivity contribution >= 4 is 21.4 Å². The molecule has 31 heavy (non-hydrogen) atoms. The number of halogens is 1. The Balaban J connectivity index is 1.93. The number of benzene rings is 2. The van der Waals surface area contributed by atoms with E-state index >= 15 is 0 Å². The van der Waals surface area contributed by atoms with Gasteiger partial charge in [-0.05, 0) is 54.1 Å². The summed E-state index contributed by atoms with van der Waals surface area (Å²) in [6.45, 7) is 5.00. The van der Waals surface area contributed by atoms with Crippen molar-refractivity contribution in [2.45, 2.75) is 18.0 Å². The number of hydrogen-bond acceptors (Lipinski definition) is 6.